The number of nitrogens with one attached hydrogen (secondary N) is 2. The maximum atomic E-state index is 12.1. The van der Waals surface area contributed by atoms with Crippen molar-refractivity contribution in [3.8, 4) is 6.07 Å². The van der Waals surface area contributed by atoms with E-state index in [0.717, 1.165) is 22.9 Å². The van der Waals surface area contributed by atoms with Crippen LogP contribution in [-0.4, -0.2) is 22.0 Å². The summed E-state index contributed by atoms with van der Waals surface area (Å²) in [5.41, 5.74) is 3.73. The first-order chi connectivity index (χ1) is 13.5. The van der Waals surface area contributed by atoms with Crippen molar-refractivity contribution in [2.24, 2.45) is 0 Å². The van der Waals surface area contributed by atoms with Gasteiger partial charge in [-0.25, -0.2) is 4.79 Å². The van der Waals surface area contributed by atoms with Crippen LogP contribution in [0.25, 0.3) is 0 Å². The van der Waals surface area contributed by atoms with Gasteiger partial charge < -0.3 is 5.32 Å². The van der Waals surface area contributed by atoms with E-state index in [1.807, 2.05) is 6.07 Å². The highest BCUT2D eigenvalue weighted by Gasteiger charge is 2.09. The summed E-state index contributed by atoms with van der Waals surface area (Å²) in [6, 6.07) is 8.32. The van der Waals surface area contributed by atoms with Crippen LogP contribution in [0.5, 0.6) is 0 Å². The van der Waals surface area contributed by atoms with Gasteiger partial charge in [-0.3, -0.25) is 5.32 Å². The zero-order valence-electron chi connectivity index (χ0n) is 16.2. The number of aromatic nitrogens is 2. The molecule has 146 valence electrons. The zero-order chi connectivity index (χ0) is 20.4. The van der Waals surface area contributed by atoms with Crippen LogP contribution in [0.15, 0.2) is 51.9 Å². The van der Waals surface area contributed by atoms with E-state index in [9.17, 15) is 4.79 Å². The first kappa shape index (κ1) is 21.7. The molecule has 1 aromatic heterocycles. The van der Waals surface area contributed by atoms with Crippen LogP contribution < -0.4 is 10.6 Å². The predicted octanol–water partition coefficient (Wildman–Crippen LogP) is 5.84. The molecule has 0 aliphatic carbocycles. The van der Waals surface area contributed by atoms with Crippen LogP contribution >= 0.6 is 23.1 Å². The molecule has 28 heavy (non-hydrogen) atoms. The number of hydrogen-bond acceptors (Lipinski definition) is 6. The molecular formula is C20H23N5OS2. The smallest absolute Gasteiger partial charge is 0.308 e. The number of carbonyl (C=O) groups excluding carboxylic acids is 1. The summed E-state index contributed by atoms with van der Waals surface area (Å²) >= 11 is 2.92. The van der Waals surface area contributed by atoms with Crippen molar-refractivity contribution in [1.29, 1.82) is 5.26 Å². The summed E-state index contributed by atoms with van der Waals surface area (Å²) in [6.45, 7) is 6.36. The molecule has 2 amide bonds. The van der Waals surface area contributed by atoms with Crippen LogP contribution in [-0.2, 0) is 0 Å². The number of hydrogen-bond donors (Lipinski definition) is 2. The monoisotopic (exact) mass is 413 g/mol. The molecule has 2 N–H and O–H groups in total. The fraction of sp³-hybridized carbons (Fsp3) is 0.300. The Morgan fingerprint density at radius 1 is 1.25 bits per heavy atom. The summed E-state index contributed by atoms with van der Waals surface area (Å²) in [6.07, 6.45) is 6.57. The van der Waals surface area contributed by atoms with E-state index >= 15 is 0 Å². The Morgan fingerprint density at radius 3 is 2.82 bits per heavy atom. The fourth-order valence-electron chi connectivity index (χ4n) is 2.19. The van der Waals surface area contributed by atoms with E-state index in [0.29, 0.717) is 16.4 Å². The number of urea groups is 1. The highest BCUT2D eigenvalue weighted by molar-refractivity contribution is 8.01. The Balaban J connectivity index is 1.79. The lowest BCUT2D eigenvalue weighted by molar-refractivity contribution is 0.262. The molecule has 0 saturated heterocycles. The van der Waals surface area contributed by atoms with Crippen LogP contribution in [0.1, 0.15) is 39.2 Å². The molecule has 0 radical (unpaired) electrons. The number of nitriles is 1. The molecule has 0 spiro atoms. The normalized spacial score (nSPS) is 10.9. The van der Waals surface area contributed by atoms with Gasteiger partial charge in [0.15, 0.2) is 4.34 Å². The second kappa shape index (κ2) is 11.3. The van der Waals surface area contributed by atoms with E-state index in [1.54, 1.807) is 36.0 Å². The van der Waals surface area contributed by atoms with E-state index in [-0.39, 0.29) is 0 Å². The second-order valence-corrected chi connectivity index (χ2v) is 8.57. The Morgan fingerprint density at radius 2 is 2.07 bits per heavy atom. The van der Waals surface area contributed by atoms with E-state index in [2.05, 4.69) is 53.8 Å². The van der Waals surface area contributed by atoms with Crippen LogP contribution in [0.4, 0.5) is 15.6 Å². The fourth-order valence-corrected chi connectivity index (χ4v) is 3.95. The quantitative estimate of drug-likeness (QED) is 0.322. The summed E-state index contributed by atoms with van der Waals surface area (Å²) in [4.78, 5) is 12.1. The summed E-state index contributed by atoms with van der Waals surface area (Å²) in [5, 5.41) is 22.8. The number of rotatable bonds is 8. The summed E-state index contributed by atoms with van der Waals surface area (Å²) in [5.74, 6) is 0.822. The zero-order valence-corrected chi connectivity index (χ0v) is 17.8. The average molecular weight is 414 g/mol. The maximum absolute atomic E-state index is 12.1. The third-order valence-corrected chi connectivity index (χ3v) is 5.51. The molecule has 1 aromatic carbocycles. The number of nitrogens with zero attached hydrogens (tertiary/aromatic N) is 3. The minimum atomic E-state index is -0.419. The molecule has 0 aliphatic heterocycles. The SMILES string of the molecule is CC(C)=CCC/C(C)=C/CSc1nnc(NC(=O)Nc2cccc(C#N)c2)s1. The second-order valence-electron chi connectivity index (χ2n) is 6.33. The van der Waals surface area contributed by atoms with Gasteiger partial charge in [-0.2, -0.15) is 5.26 Å². The van der Waals surface area contributed by atoms with Gasteiger partial charge in [0.05, 0.1) is 11.6 Å². The van der Waals surface area contributed by atoms with Gasteiger partial charge in [0.2, 0.25) is 5.13 Å². The number of anilines is 2. The Labute approximate surface area is 173 Å². The summed E-state index contributed by atoms with van der Waals surface area (Å²) < 4.78 is 0.801. The van der Waals surface area contributed by atoms with Crippen molar-refractivity contribution in [3.05, 3.63) is 53.1 Å². The minimum absolute atomic E-state index is 0.419. The van der Waals surface area contributed by atoms with Crippen LogP contribution in [0, 0.1) is 11.3 Å². The molecule has 6 nitrogen and oxygen atoms in total. The molecule has 2 rings (SSSR count). The van der Waals surface area contributed by atoms with Gasteiger partial charge in [0.25, 0.3) is 0 Å². The molecule has 0 unspecified atom stereocenters. The molecule has 0 bridgehead atoms. The molecule has 0 aliphatic rings. The Bertz CT molecular complexity index is 907. The molecule has 0 saturated carbocycles. The lowest BCUT2D eigenvalue weighted by Gasteiger charge is -2.04. The molecule has 0 atom stereocenters. The lowest BCUT2D eigenvalue weighted by atomic mass is 10.1. The van der Waals surface area contributed by atoms with E-state index in [4.69, 9.17) is 5.26 Å². The van der Waals surface area contributed by atoms with Crippen LogP contribution in [0.2, 0.25) is 0 Å². The number of benzene rings is 1. The largest absolute Gasteiger partial charge is 0.325 e. The first-order valence-electron chi connectivity index (χ1n) is 8.79. The molecule has 8 heteroatoms. The Hall–Kier alpha value is -2.63. The predicted molar refractivity (Wildman–Crippen MR) is 117 cm³/mol. The van der Waals surface area contributed by atoms with Gasteiger partial charge in [-0.1, -0.05) is 52.5 Å². The summed E-state index contributed by atoms with van der Waals surface area (Å²) in [7, 11) is 0. The maximum Gasteiger partial charge on any atom is 0.325 e. The highest BCUT2D eigenvalue weighted by Crippen LogP contribution is 2.26. The Kier molecular flexibility index (Phi) is 8.72. The van der Waals surface area contributed by atoms with Gasteiger partial charge >= 0.3 is 6.03 Å². The van der Waals surface area contributed by atoms with Gasteiger partial charge in [-0.05, 0) is 51.8 Å². The third kappa shape index (κ3) is 7.94. The lowest BCUT2D eigenvalue weighted by Crippen LogP contribution is -2.19. The van der Waals surface area contributed by atoms with Crippen molar-refractivity contribution in [1.82, 2.24) is 10.2 Å². The van der Waals surface area contributed by atoms with Crippen molar-refractivity contribution in [2.75, 3.05) is 16.4 Å². The van der Waals surface area contributed by atoms with E-state index in [1.165, 1.54) is 22.5 Å². The van der Waals surface area contributed by atoms with Gasteiger partial charge in [-0.15, -0.1) is 10.2 Å². The van der Waals surface area contributed by atoms with Crippen molar-refractivity contribution in [3.63, 3.8) is 0 Å². The van der Waals surface area contributed by atoms with Gasteiger partial charge in [0.1, 0.15) is 0 Å². The first-order valence-corrected chi connectivity index (χ1v) is 10.6. The molecule has 1 heterocycles. The topological polar surface area (TPSA) is 90.7 Å². The van der Waals surface area contributed by atoms with E-state index < -0.39 is 6.03 Å². The third-order valence-electron chi connectivity index (χ3n) is 3.61. The minimum Gasteiger partial charge on any atom is -0.308 e. The average Bonchev–Trinajstić information content (AvgIpc) is 3.08. The molecule has 0 fully saturated rings. The highest BCUT2D eigenvalue weighted by atomic mass is 32.2. The van der Waals surface area contributed by atoms with Crippen LogP contribution in [0.3, 0.4) is 0 Å². The van der Waals surface area contributed by atoms with Gasteiger partial charge in [0, 0.05) is 11.4 Å². The number of carbonyl (C=O) groups is 1. The van der Waals surface area contributed by atoms with Crippen molar-refractivity contribution < 1.29 is 4.79 Å². The number of thioether (sulfide) groups is 1. The molecular weight excluding hydrogens is 390 g/mol. The standard InChI is InChI=1S/C20H23N5OS2/c1-14(2)6-4-7-15(3)10-11-27-20-25-24-19(28-20)23-18(26)22-17-9-5-8-16(12-17)13-21/h5-6,8-10,12H,4,7,11H2,1-3H3,(H2,22,23,24,26)/b15-10+. The molecule has 2 aromatic rings. The van der Waals surface area contributed by atoms with Crippen molar-refractivity contribution >= 4 is 39.9 Å². The number of allylic oxidation sites excluding steroid dienone is 3. The number of amides is 2. The van der Waals surface area contributed by atoms with Crippen molar-refractivity contribution in [2.45, 2.75) is 38.0 Å².